The Hall–Kier alpha value is -0.300. The van der Waals surface area contributed by atoms with Gasteiger partial charge >= 0.3 is 0 Å². The Labute approximate surface area is 95.9 Å². The maximum Gasteiger partial charge on any atom is 0.0395 e. The Balaban J connectivity index is 2.32. The lowest BCUT2D eigenvalue weighted by Crippen LogP contribution is -1.92. The van der Waals surface area contributed by atoms with Crippen LogP contribution in [0.1, 0.15) is 43.5 Å². The average molecular weight is 255 g/mol. The molecule has 0 amide bonds. The van der Waals surface area contributed by atoms with E-state index in [1.165, 1.54) is 24.8 Å². The minimum absolute atomic E-state index is 0.530. The number of halogens is 1. The van der Waals surface area contributed by atoms with Crippen LogP contribution < -0.4 is 0 Å². The van der Waals surface area contributed by atoms with Crippen molar-refractivity contribution < 1.29 is 0 Å². The Bertz CT molecular complexity index is 241. The Kier molecular flexibility index (Phi) is 5.24. The first-order chi connectivity index (χ1) is 6.70. The Morgan fingerprint density at radius 1 is 1.07 bits per heavy atom. The van der Waals surface area contributed by atoms with Gasteiger partial charge in [0.25, 0.3) is 0 Å². The van der Waals surface area contributed by atoms with Crippen LogP contribution >= 0.6 is 15.9 Å². The largest absolute Gasteiger partial charge is 0.0839 e. The predicted molar refractivity (Wildman–Crippen MR) is 66.8 cm³/mol. The SMILES string of the molecule is CC(C)CCCC(Br)c1ccccc1. The molecule has 0 nitrogen and oxygen atoms in total. The fourth-order valence-electron chi connectivity index (χ4n) is 1.53. The summed E-state index contributed by atoms with van der Waals surface area (Å²) in [6, 6.07) is 10.7. The average Bonchev–Trinajstić information content (AvgIpc) is 2.18. The third kappa shape index (κ3) is 4.28. The van der Waals surface area contributed by atoms with E-state index in [2.05, 4.69) is 60.1 Å². The maximum atomic E-state index is 3.74. The summed E-state index contributed by atoms with van der Waals surface area (Å²) in [7, 11) is 0. The van der Waals surface area contributed by atoms with E-state index >= 15 is 0 Å². The van der Waals surface area contributed by atoms with Gasteiger partial charge in [0, 0.05) is 4.83 Å². The zero-order valence-corrected chi connectivity index (χ0v) is 10.6. The molecule has 0 radical (unpaired) electrons. The fraction of sp³-hybridized carbons (Fsp3) is 0.538. The fourth-order valence-corrected chi connectivity index (χ4v) is 2.16. The van der Waals surface area contributed by atoms with Crippen molar-refractivity contribution in [2.24, 2.45) is 5.92 Å². The molecule has 0 fully saturated rings. The lowest BCUT2D eigenvalue weighted by atomic mass is 10.0. The van der Waals surface area contributed by atoms with Crippen molar-refractivity contribution in [3.05, 3.63) is 35.9 Å². The minimum Gasteiger partial charge on any atom is -0.0839 e. The molecule has 0 bridgehead atoms. The summed E-state index contributed by atoms with van der Waals surface area (Å²) in [4.78, 5) is 0.530. The van der Waals surface area contributed by atoms with Crippen LogP contribution in [0.5, 0.6) is 0 Å². The van der Waals surface area contributed by atoms with Crippen LogP contribution in [0.15, 0.2) is 30.3 Å². The first-order valence-electron chi connectivity index (χ1n) is 5.39. The monoisotopic (exact) mass is 254 g/mol. The molecule has 0 aliphatic heterocycles. The van der Waals surface area contributed by atoms with E-state index in [9.17, 15) is 0 Å². The Morgan fingerprint density at radius 3 is 2.29 bits per heavy atom. The molecule has 1 atom stereocenters. The van der Waals surface area contributed by atoms with Gasteiger partial charge in [0.15, 0.2) is 0 Å². The number of hydrogen-bond donors (Lipinski definition) is 0. The molecule has 78 valence electrons. The van der Waals surface area contributed by atoms with Crippen LogP contribution in [-0.2, 0) is 0 Å². The summed E-state index contributed by atoms with van der Waals surface area (Å²) in [5, 5.41) is 0. The molecule has 1 rings (SSSR count). The van der Waals surface area contributed by atoms with Crippen molar-refractivity contribution in [2.75, 3.05) is 0 Å². The van der Waals surface area contributed by atoms with Gasteiger partial charge in [0.05, 0.1) is 0 Å². The topological polar surface area (TPSA) is 0 Å². The molecule has 0 saturated carbocycles. The second kappa shape index (κ2) is 6.23. The highest BCUT2D eigenvalue weighted by atomic mass is 79.9. The Morgan fingerprint density at radius 2 is 1.71 bits per heavy atom. The van der Waals surface area contributed by atoms with Gasteiger partial charge in [-0.25, -0.2) is 0 Å². The van der Waals surface area contributed by atoms with Crippen LogP contribution in [0.3, 0.4) is 0 Å². The molecule has 0 N–H and O–H groups in total. The highest BCUT2D eigenvalue weighted by molar-refractivity contribution is 9.09. The second-order valence-electron chi connectivity index (χ2n) is 4.20. The lowest BCUT2D eigenvalue weighted by molar-refractivity contribution is 0.537. The first-order valence-corrected chi connectivity index (χ1v) is 6.30. The van der Waals surface area contributed by atoms with E-state index in [4.69, 9.17) is 0 Å². The molecule has 0 aliphatic carbocycles. The molecular formula is C13H19Br. The smallest absolute Gasteiger partial charge is 0.0395 e. The van der Waals surface area contributed by atoms with Crippen molar-refractivity contribution in [3.8, 4) is 0 Å². The molecule has 0 aliphatic rings. The number of rotatable bonds is 5. The van der Waals surface area contributed by atoms with Gasteiger partial charge in [0.1, 0.15) is 0 Å². The van der Waals surface area contributed by atoms with E-state index in [1.54, 1.807) is 0 Å². The quantitative estimate of drug-likeness (QED) is 0.653. The summed E-state index contributed by atoms with van der Waals surface area (Å²) in [6.07, 6.45) is 3.87. The summed E-state index contributed by atoms with van der Waals surface area (Å²) in [6.45, 7) is 4.57. The number of benzene rings is 1. The van der Waals surface area contributed by atoms with E-state index < -0.39 is 0 Å². The van der Waals surface area contributed by atoms with Crippen LogP contribution in [0.25, 0.3) is 0 Å². The number of alkyl halides is 1. The predicted octanol–water partition coefficient (Wildman–Crippen LogP) is 4.95. The second-order valence-corrected chi connectivity index (χ2v) is 5.31. The normalized spacial score (nSPS) is 13.1. The van der Waals surface area contributed by atoms with Crippen LogP contribution in [0, 0.1) is 5.92 Å². The summed E-state index contributed by atoms with van der Waals surface area (Å²) in [5.41, 5.74) is 1.40. The summed E-state index contributed by atoms with van der Waals surface area (Å²) < 4.78 is 0. The van der Waals surface area contributed by atoms with E-state index in [0.717, 1.165) is 5.92 Å². The van der Waals surface area contributed by atoms with E-state index in [-0.39, 0.29) is 0 Å². The van der Waals surface area contributed by atoms with Crippen molar-refractivity contribution in [2.45, 2.75) is 37.9 Å². The van der Waals surface area contributed by atoms with Gasteiger partial charge in [-0.3, -0.25) is 0 Å². The zero-order chi connectivity index (χ0) is 10.4. The van der Waals surface area contributed by atoms with E-state index in [1.807, 2.05) is 0 Å². The molecule has 0 spiro atoms. The third-order valence-corrected chi connectivity index (χ3v) is 3.39. The molecule has 14 heavy (non-hydrogen) atoms. The van der Waals surface area contributed by atoms with E-state index in [0.29, 0.717) is 4.83 Å². The van der Waals surface area contributed by atoms with Gasteiger partial charge < -0.3 is 0 Å². The lowest BCUT2D eigenvalue weighted by Gasteiger charge is -2.10. The third-order valence-electron chi connectivity index (χ3n) is 2.40. The van der Waals surface area contributed by atoms with Gasteiger partial charge in [0.2, 0.25) is 0 Å². The van der Waals surface area contributed by atoms with Crippen LogP contribution in [0.2, 0.25) is 0 Å². The molecule has 0 saturated heterocycles. The highest BCUT2D eigenvalue weighted by Gasteiger charge is 2.06. The molecule has 0 aromatic heterocycles. The van der Waals surface area contributed by atoms with Gasteiger partial charge in [-0.2, -0.15) is 0 Å². The standard InChI is InChI=1S/C13H19Br/c1-11(2)7-6-10-13(14)12-8-4-3-5-9-12/h3-5,8-9,11,13H,6-7,10H2,1-2H3. The van der Waals surface area contributed by atoms with Crippen molar-refractivity contribution in [1.82, 2.24) is 0 Å². The highest BCUT2D eigenvalue weighted by Crippen LogP contribution is 2.28. The van der Waals surface area contributed by atoms with Gasteiger partial charge in [-0.15, -0.1) is 0 Å². The summed E-state index contributed by atoms with van der Waals surface area (Å²) in [5.74, 6) is 0.825. The first kappa shape index (κ1) is 11.8. The van der Waals surface area contributed by atoms with Gasteiger partial charge in [-0.1, -0.05) is 73.0 Å². The molecule has 1 aromatic rings. The molecule has 0 heterocycles. The van der Waals surface area contributed by atoms with Gasteiger partial charge in [-0.05, 0) is 17.9 Å². The molecule has 1 unspecified atom stereocenters. The number of hydrogen-bond acceptors (Lipinski definition) is 0. The van der Waals surface area contributed by atoms with Crippen LogP contribution in [0.4, 0.5) is 0 Å². The molecule has 1 aromatic carbocycles. The van der Waals surface area contributed by atoms with Crippen molar-refractivity contribution in [1.29, 1.82) is 0 Å². The minimum atomic E-state index is 0.530. The van der Waals surface area contributed by atoms with Crippen molar-refractivity contribution >= 4 is 15.9 Å². The van der Waals surface area contributed by atoms with Crippen LogP contribution in [-0.4, -0.2) is 0 Å². The van der Waals surface area contributed by atoms with Crippen molar-refractivity contribution in [3.63, 3.8) is 0 Å². The summed E-state index contributed by atoms with van der Waals surface area (Å²) >= 11 is 3.74. The maximum absolute atomic E-state index is 3.74. The molecular weight excluding hydrogens is 236 g/mol. The zero-order valence-electron chi connectivity index (χ0n) is 9.04. The molecule has 1 heteroatoms.